The van der Waals surface area contributed by atoms with Gasteiger partial charge in [0.25, 0.3) is 0 Å². The molecule has 2 aliphatic rings. The molecule has 0 fully saturated rings. The van der Waals surface area contributed by atoms with Gasteiger partial charge in [-0.3, -0.25) is 0 Å². The van der Waals surface area contributed by atoms with E-state index in [1.807, 2.05) is 48.5 Å². The van der Waals surface area contributed by atoms with Crippen LogP contribution in [0.2, 0.25) is 0 Å². The number of hydrogen-bond acceptors (Lipinski definition) is 15. The van der Waals surface area contributed by atoms with Crippen LogP contribution in [0.5, 0.6) is 46.0 Å². The molecule has 0 bridgehead atoms. The SMILES string of the molecule is O=C(OC(=O)c1ccc2c(c1)C(c1ccc(Oc3ccc(C(=O)O)c(C(=O)O)c3)cc1)(c1ccc(Oc3ccc(C(=O)O)c(C(=O)O)c3)cc1)c1ccccc1-2)c1ccc2c(c1)C(c1ccc(Oc3ccc(C(=O)O)c(C(=O)O)c3)cc1)(c1ccc(Oc3ccc(C(=O)O)c(C(=O)O)c3)cc1)c1ccccc1-2. The lowest BCUT2D eigenvalue weighted by Crippen LogP contribution is -2.29. The highest BCUT2D eigenvalue weighted by molar-refractivity contribution is 6.07. The van der Waals surface area contributed by atoms with Gasteiger partial charge in [0, 0.05) is 0 Å². The first-order valence-corrected chi connectivity index (χ1v) is 32.2. The third-order valence-corrected chi connectivity index (χ3v) is 18.6. The van der Waals surface area contributed by atoms with Crippen molar-refractivity contribution in [3.8, 4) is 68.2 Å². The number of esters is 2. The molecule has 0 unspecified atom stereocenters. The molecule has 0 heterocycles. The number of carboxylic acid groups (broad SMARTS) is 8. The van der Waals surface area contributed by atoms with Crippen LogP contribution in [0.4, 0.5) is 0 Å². The van der Waals surface area contributed by atoms with E-state index in [0.29, 0.717) is 44.5 Å². The lowest BCUT2D eigenvalue weighted by molar-refractivity contribution is 0.0393. The zero-order chi connectivity index (χ0) is 75.3. The zero-order valence-corrected chi connectivity index (χ0v) is 55.0. The summed E-state index contributed by atoms with van der Waals surface area (Å²) in [7, 11) is 0. The number of aromatic carboxylic acids is 8. The summed E-state index contributed by atoms with van der Waals surface area (Å²) in [5.74, 6) is -13.0. The molecule has 0 spiro atoms. The van der Waals surface area contributed by atoms with E-state index in [2.05, 4.69) is 0 Å². The maximum Gasteiger partial charge on any atom is 0.346 e. The molecule has 0 saturated heterocycles. The van der Waals surface area contributed by atoms with Gasteiger partial charge in [0.05, 0.1) is 66.5 Å². The molecule has 0 aromatic heterocycles. The standard InChI is InChI=1S/C84H50O23/c85-73(86)61-33-27-53(39-65(61)77(93)94)103-49-19-11-45(12-20-49)83(46-13-21-50(22-14-46)104-54-28-34-62(74(87)88)66(40-54)78(95)96)69-7-3-1-5-57(69)59-31-9-43(37-71(59)83)81(101)107-82(102)44-10-32-60-58-6-2-4-8-70(58)84(72(60)38-44,47-15-23-51(24-16-47)105-55-29-35-63(75(89)90)67(41-55)79(97)98)48-17-25-52(26-18-48)106-56-30-36-64(76(91)92)68(42-56)80(99)100/h1-42H,(H,85,86)(H,87,88)(H,89,90)(H,91,92)(H,93,94)(H,95,96)(H,97,98)(H,99,100). The minimum Gasteiger partial charge on any atom is -0.478 e. The van der Waals surface area contributed by atoms with Crippen LogP contribution in [0.15, 0.2) is 255 Å². The largest absolute Gasteiger partial charge is 0.478 e. The van der Waals surface area contributed by atoms with Crippen molar-refractivity contribution in [1.29, 1.82) is 0 Å². The van der Waals surface area contributed by atoms with Gasteiger partial charge in [-0.1, -0.05) is 109 Å². The van der Waals surface area contributed by atoms with Crippen LogP contribution in [-0.2, 0) is 15.6 Å². The van der Waals surface area contributed by atoms with E-state index < -0.39 is 115 Å². The Kier molecular flexibility index (Phi) is 17.5. The number of hydrogen-bond donors (Lipinski definition) is 8. The molecule has 23 heteroatoms. The Morgan fingerprint density at radius 1 is 0.215 bits per heavy atom. The van der Waals surface area contributed by atoms with Crippen molar-refractivity contribution >= 4 is 59.7 Å². The van der Waals surface area contributed by atoms with Crippen LogP contribution in [0.25, 0.3) is 22.3 Å². The Morgan fingerprint density at radius 3 is 0.682 bits per heavy atom. The Bertz CT molecular complexity index is 5200. The fourth-order valence-corrected chi connectivity index (χ4v) is 14.0. The minimum atomic E-state index is -1.49. The van der Waals surface area contributed by atoms with Gasteiger partial charge < -0.3 is 64.5 Å². The molecular weight excluding hydrogens is 1380 g/mol. The quantitative estimate of drug-likeness (QED) is 0.0231. The topological polar surface area (TPSA) is 379 Å². The first kappa shape index (κ1) is 68.9. The highest BCUT2D eigenvalue weighted by atomic mass is 16.6. The van der Waals surface area contributed by atoms with E-state index in [9.17, 15) is 79.2 Å². The van der Waals surface area contributed by atoms with Crippen LogP contribution in [0, 0.1) is 0 Å². The van der Waals surface area contributed by atoms with Crippen molar-refractivity contribution in [3.05, 3.63) is 355 Å². The van der Waals surface area contributed by atoms with Gasteiger partial charge in [0.1, 0.15) is 46.0 Å². The minimum absolute atomic E-state index is 0.0176. The summed E-state index contributed by atoms with van der Waals surface area (Å²) < 4.78 is 30.4. The molecule has 14 rings (SSSR count). The van der Waals surface area contributed by atoms with E-state index in [1.54, 1.807) is 121 Å². The molecule has 8 N–H and O–H groups in total. The van der Waals surface area contributed by atoms with Crippen molar-refractivity contribution < 1.29 is 112 Å². The molecule has 0 saturated carbocycles. The lowest BCUT2D eigenvalue weighted by Gasteiger charge is -2.34. The summed E-state index contributed by atoms with van der Waals surface area (Å²) in [5, 5.41) is 78.2. The van der Waals surface area contributed by atoms with Gasteiger partial charge in [-0.25, -0.2) is 47.9 Å². The Morgan fingerprint density at radius 2 is 0.439 bits per heavy atom. The van der Waals surface area contributed by atoms with E-state index in [1.165, 1.54) is 36.4 Å². The second-order valence-corrected chi connectivity index (χ2v) is 24.6. The van der Waals surface area contributed by atoms with Crippen molar-refractivity contribution in [3.63, 3.8) is 0 Å². The molecule has 12 aromatic rings. The predicted octanol–water partition coefficient (Wildman–Crippen LogP) is 16.2. The normalized spacial score (nSPS) is 12.4. The highest BCUT2D eigenvalue weighted by Crippen LogP contribution is 2.59. The molecule has 524 valence electrons. The van der Waals surface area contributed by atoms with Gasteiger partial charge in [-0.15, -0.1) is 0 Å². The molecule has 0 atom stereocenters. The second kappa shape index (κ2) is 27.3. The number of carbonyl (C=O) groups excluding carboxylic acids is 2. The third-order valence-electron chi connectivity index (χ3n) is 18.6. The van der Waals surface area contributed by atoms with Gasteiger partial charge in [0.2, 0.25) is 0 Å². The highest BCUT2D eigenvalue weighted by Gasteiger charge is 2.49. The number of fused-ring (bicyclic) bond motifs is 6. The fourth-order valence-electron chi connectivity index (χ4n) is 14.0. The Hall–Kier alpha value is -15.3. The lowest BCUT2D eigenvalue weighted by atomic mass is 9.67. The van der Waals surface area contributed by atoms with Crippen LogP contribution >= 0.6 is 0 Å². The summed E-state index contributed by atoms with van der Waals surface area (Å²) in [5.41, 5.74) is 1.03. The monoisotopic (exact) mass is 1430 g/mol. The molecule has 23 nitrogen and oxygen atoms in total. The Balaban J connectivity index is 0.845. The second-order valence-electron chi connectivity index (χ2n) is 24.6. The first-order chi connectivity index (χ1) is 51.4. The fraction of sp³-hybridized carbons (Fsp3) is 0.0238. The average molecular weight is 1430 g/mol. The molecule has 0 amide bonds. The van der Waals surface area contributed by atoms with Crippen molar-refractivity contribution in [2.45, 2.75) is 10.8 Å². The van der Waals surface area contributed by atoms with E-state index in [0.717, 1.165) is 70.8 Å². The molecule has 107 heavy (non-hydrogen) atoms. The van der Waals surface area contributed by atoms with Crippen LogP contribution < -0.4 is 18.9 Å². The third kappa shape index (κ3) is 12.3. The molecule has 0 radical (unpaired) electrons. The predicted molar refractivity (Wildman–Crippen MR) is 379 cm³/mol. The van der Waals surface area contributed by atoms with Crippen molar-refractivity contribution in [1.82, 2.24) is 0 Å². The van der Waals surface area contributed by atoms with Crippen LogP contribution in [0.3, 0.4) is 0 Å². The van der Waals surface area contributed by atoms with Gasteiger partial charge in [-0.05, 0) is 212 Å². The average Bonchev–Trinajstić information content (AvgIpc) is 1.53. The Labute approximate surface area is 603 Å². The number of rotatable bonds is 22. The number of ether oxygens (including phenoxy) is 5. The smallest absolute Gasteiger partial charge is 0.346 e. The molecule has 2 aliphatic carbocycles. The van der Waals surface area contributed by atoms with E-state index >= 15 is 9.59 Å². The molecule has 0 aliphatic heterocycles. The maximum absolute atomic E-state index is 15.0. The van der Waals surface area contributed by atoms with E-state index in [-0.39, 0.29) is 57.1 Å². The molecular formula is C84H50O23. The summed E-state index contributed by atoms with van der Waals surface area (Å²) in [6, 6.07) is 65.7. The summed E-state index contributed by atoms with van der Waals surface area (Å²) in [4.78, 5) is 126. The summed E-state index contributed by atoms with van der Waals surface area (Å²) in [6.07, 6.45) is 0. The van der Waals surface area contributed by atoms with Crippen LogP contribution in [0.1, 0.15) is 148 Å². The number of carbonyl (C=O) groups is 10. The summed E-state index contributed by atoms with van der Waals surface area (Å²) >= 11 is 0. The molecule has 12 aromatic carbocycles. The summed E-state index contributed by atoms with van der Waals surface area (Å²) in [6.45, 7) is 0. The van der Waals surface area contributed by atoms with Crippen LogP contribution in [-0.4, -0.2) is 101 Å². The van der Waals surface area contributed by atoms with Crippen molar-refractivity contribution in [2.24, 2.45) is 0 Å². The maximum atomic E-state index is 15.0. The van der Waals surface area contributed by atoms with Gasteiger partial charge >= 0.3 is 59.7 Å². The number of benzene rings is 12. The number of carboxylic acids is 8. The van der Waals surface area contributed by atoms with Gasteiger partial charge in [-0.2, -0.15) is 0 Å². The van der Waals surface area contributed by atoms with E-state index in [4.69, 9.17) is 23.7 Å². The van der Waals surface area contributed by atoms with Gasteiger partial charge in [0.15, 0.2) is 0 Å². The first-order valence-electron chi connectivity index (χ1n) is 32.2. The zero-order valence-electron chi connectivity index (χ0n) is 55.0. The van der Waals surface area contributed by atoms with Crippen molar-refractivity contribution in [2.75, 3.05) is 0 Å².